The molecule has 11 aromatic carbocycles. The van der Waals surface area contributed by atoms with Crippen LogP contribution in [0.15, 0.2) is 383 Å². The third-order valence-electron chi connectivity index (χ3n) is 18.2. The summed E-state index contributed by atoms with van der Waals surface area (Å²) in [7, 11) is 0. The number of hydrogen-bond donors (Lipinski definition) is 0. The molecule has 0 amide bonds. The molecular formula is C108H84F2Ir4N7-7. The molecule has 0 N–H and O–H groups in total. The van der Waals surface area contributed by atoms with E-state index in [-0.39, 0.29) is 152 Å². The predicted molar refractivity (Wildman–Crippen MR) is 474 cm³/mol. The minimum Gasteiger partial charge on any atom is -0.305 e. The van der Waals surface area contributed by atoms with Crippen LogP contribution in [0.5, 0.6) is 0 Å². The third kappa shape index (κ3) is 28.0. The molecule has 0 aliphatic rings. The van der Waals surface area contributed by atoms with E-state index in [1.807, 2.05) is 227 Å². The van der Waals surface area contributed by atoms with Crippen molar-refractivity contribution in [3.8, 4) is 123 Å². The van der Waals surface area contributed by atoms with E-state index in [9.17, 15) is 8.78 Å². The van der Waals surface area contributed by atoms with E-state index in [0.29, 0.717) is 11.3 Å². The van der Waals surface area contributed by atoms with Crippen molar-refractivity contribution >= 4 is 0 Å². The Morgan fingerprint density at radius 2 is 0.661 bits per heavy atom. The van der Waals surface area contributed by atoms with Gasteiger partial charge in [0.1, 0.15) is 11.6 Å². The number of pyridine rings is 7. The number of rotatable bonds is 11. The van der Waals surface area contributed by atoms with E-state index in [0.717, 1.165) is 106 Å². The third-order valence-corrected chi connectivity index (χ3v) is 18.2. The second-order valence-corrected chi connectivity index (χ2v) is 26.6. The van der Waals surface area contributed by atoms with E-state index in [1.54, 1.807) is 61.2 Å². The van der Waals surface area contributed by atoms with Crippen molar-refractivity contribution in [2.45, 2.75) is 48.5 Å². The number of nitrogens with zero attached hydrogens (tertiary/aromatic N) is 7. The Kier molecular flexibility index (Phi) is 33.2. The summed E-state index contributed by atoms with van der Waals surface area (Å²) >= 11 is 0. The second kappa shape index (κ2) is 49.5. The molecule has 18 aromatic rings. The molecule has 18 rings (SSSR count). The zero-order valence-electron chi connectivity index (χ0n) is 75.9. The van der Waals surface area contributed by atoms with Crippen molar-refractivity contribution in [3.05, 3.63) is 476 Å². The van der Waals surface area contributed by atoms with Gasteiger partial charge in [-0.3, -0.25) is 0 Å². The van der Waals surface area contributed by atoms with Gasteiger partial charge < -0.3 is 34.9 Å². The maximum Gasteiger partial charge on any atom is 0.123 e. The maximum atomic E-state index is 13.0. The fourth-order valence-corrected chi connectivity index (χ4v) is 12.1. The van der Waals surface area contributed by atoms with Crippen LogP contribution in [0.2, 0.25) is 0 Å². The van der Waals surface area contributed by atoms with Gasteiger partial charge in [0.15, 0.2) is 0 Å². The van der Waals surface area contributed by atoms with E-state index < -0.39 is 6.04 Å². The molecule has 0 unspecified atom stereocenters. The summed E-state index contributed by atoms with van der Waals surface area (Å²) in [5.74, 6) is -0.536. The van der Waals surface area contributed by atoms with Crippen LogP contribution in [-0.2, 0) is 80.4 Å². The Morgan fingerprint density at radius 3 is 1.08 bits per heavy atom. The minimum absolute atomic E-state index is 0. The van der Waals surface area contributed by atoms with Crippen LogP contribution in [0.1, 0.15) is 51.3 Å². The quantitative estimate of drug-likeness (QED) is 0.119. The predicted octanol–water partition coefficient (Wildman–Crippen LogP) is 26.9. The largest absolute Gasteiger partial charge is 0.305 e. The van der Waals surface area contributed by atoms with Gasteiger partial charge in [0.05, 0.1) is 6.85 Å². The molecule has 608 valence electrons. The number of halogens is 2. The van der Waals surface area contributed by atoms with E-state index in [1.165, 1.54) is 57.6 Å². The zero-order chi connectivity index (χ0) is 89.2. The Bertz CT molecular complexity index is 6550. The SMILES string of the molecule is Cc1c[c-]c(-c2ccccn2)cc1.Cc1cc(-c2[c-]cccc2)ncc1-c1ccc(F)cc1.Cc1cc(-c2[c-]cccc2)ncc1-c1ccccc1.Cc1ccc[c-]c1-c1ccccn1.Cc1cccnc1-c1[c-]cccc1.[2H]c1[c-]c(-c2cc(C)c(-c3ccc(F)cc3)cn2)c([2H])c([2H])c1[2H].[2H]c1c([2H])c([2H])c(-c2cnc(-c3[c-]cccc3)cc2C)c([2H])c1[2H].[Ir].[Ir].[Ir].[Ir]. The van der Waals surface area contributed by atoms with Crippen LogP contribution in [0.4, 0.5) is 8.78 Å². The van der Waals surface area contributed by atoms with Crippen LogP contribution in [0.3, 0.4) is 0 Å². The van der Waals surface area contributed by atoms with Crippen LogP contribution < -0.4 is 0 Å². The number of aryl methyl sites for hydroxylation is 7. The van der Waals surface area contributed by atoms with Crippen LogP contribution in [0.25, 0.3) is 123 Å². The molecule has 0 spiro atoms. The zero-order valence-corrected chi connectivity index (χ0v) is 76.5. The van der Waals surface area contributed by atoms with Gasteiger partial charge in [0.25, 0.3) is 0 Å². The van der Waals surface area contributed by atoms with Gasteiger partial charge in [-0.1, -0.05) is 159 Å². The van der Waals surface area contributed by atoms with E-state index in [4.69, 9.17) is 12.3 Å². The van der Waals surface area contributed by atoms with E-state index >= 15 is 0 Å². The van der Waals surface area contributed by atoms with Crippen molar-refractivity contribution in [1.29, 1.82) is 0 Å². The van der Waals surface area contributed by atoms with Crippen molar-refractivity contribution in [3.63, 3.8) is 0 Å². The van der Waals surface area contributed by atoms with Gasteiger partial charge in [0.2, 0.25) is 0 Å². The molecule has 7 heterocycles. The van der Waals surface area contributed by atoms with Gasteiger partial charge in [-0.25, -0.2) is 8.78 Å². The summed E-state index contributed by atoms with van der Waals surface area (Å²) in [5, 5.41) is 0. The monoisotopic (exact) mass is 2300 g/mol. The van der Waals surface area contributed by atoms with Crippen LogP contribution in [0, 0.1) is 103 Å². The molecule has 121 heavy (non-hydrogen) atoms. The van der Waals surface area contributed by atoms with Crippen molar-refractivity contribution in [2.24, 2.45) is 0 Å². The summed E-state index contributed by atoms with van der Waals surface area (Å²) in [5.41, 5.74) is 26.6. The molecule has 0 aliphatic heterocycles. The fraction of sp³-hybridized carbons (Fsp3) is 0.0648. The number of hydrogen-bond acceptors (Lipinski definition) is 7. The Hall–Kier alpha value is -12.1. The summed E-state index contributed by atoms with van der Waals surface area (Å²) in [4.78, 5) is 30.6. The van der Waals surface area contributed by atoms with Crippen molar-refractivity contribution in [2.75, 3.05) is 0 Å². The van der Waals surface area contributed by atoms with Crippen LogP contribution >= 0.6 is 0 Å². The topological polar surface area (TPSA) is 90.2 Å². The molecule has 0 fully saturated rings. The number of aromatic nitrogens is 7. The summed E-state index contributed by atoms with van der Waals surface area (Å²) < 4.78 is 96.4. The standard InChI is InChI=1S/2C18H13FN.2C18H14N.3C12H10N.4Ir/c2*1-13-11-18(15-5-3-2-4-6-15)20-12-17(13)14-7-9-16(19)10-8-14;2*1-14-12-18(16-10-6-3-7-11-16)19-13-17(14)15-8-4-2-5-9-15;1-10-6-2-3-7-11(10)12-8-4-5-9-13-12;1-10-5-7-11(8-6-10)12-4-2-3-9-13-12;1-10-6-5-9-13-12(10)11-7-3-2-4-8-11;;;;/h2*2-5,7-12H,1H3;2*2-10,12-13H,1H3;2-6,8-9H,1H3;2*2-7,9H,1H3;;;;/q7*-1;;;;/i2D,3D,4D,5D;;2D,4D,5D,8D,9D;;;;;;;;. The molecule has 13 heteroatoms. The first kappa shape index (κ1) is 81.3. The van der Waals surface area contributed by atoms with Crippen LogP contribution in [-0.4, -0.2) is 34.9 Å². The molecule has 0 saturated heterocycles. The first-order valence-corrected chi connectivity index (χ1v) is 37.6. The van der Waals surface area contributed by atoms with Crippen molar-refractivity contribution in [1.82, 2.24) is 34.9 Å². The second-order valence-electron chi connectivity index (χ2n) is 26.6. The first-order chi connectivity index (χ1) is 61.0. The van der Waals surface area contributed by atoms with Gasteiger partial charge in [-0.2, -0.15) is 0 Å². The summed E-state index contributed by atoms with van der Waals surface area (Å²) in [6.45, 7) is 14.0. The molecule has 0 bridgehead atoms. The molecule has 0 saturated carbocycles. The Balaban J connectivity index is 0.000000189. The van der Waals surface area contributed by atoms with Gasteiger partial charge >= 0.3 is 0 Å². The minimum atomic E-state index is -0.394. The first-order valence-electron chi connectivity index (χ1n) is 42.1. The molecule has 7 aromatic heterocycles. The average molecular weight is 2300 g/mol. The molecular weight excluding hydrogens is 2200 g/mol. The average Bonchev–Trinajstić information content (AvgIpc) is 0.419. The molecule has 7 nitrogen and oxygen atoms in total. The summed E-state index contributed by atoms with van der Waals surface area (Å²) in [6.07, 6.45) is 12.4. The number of benzene rings is 11. The molecule has 4 radical (unpaired) electrons. The molecule has 0 aliphatic carbocycles. The van der Waals surface area contributed by atoms with Gasteiger partial charge in [-0.05, 0) is 164 Å². The summed E-state index contributed by atoms with van der Waals surface area (Å²) in [6, 6.07) is 109. The normalized spacial score (nSPS) is 11.0. The fourth-order valence-electron chi connectivity index (χ4n) is 12.1. The van der Waals surface area contributed by atoms with Crippen molar-refractivity contribution < 1.29 is 102 Å². The van der Waals surface area contributed by atoms with Gasteiger partial charge in [-0.15, -0.1) is 250 Å². The van der Waals surface area contributed by atoms with Gasteiger partial charge in [0, 0.05) is 149 Å². The Morgan fingerprint density at radius 1 is 0.264 bits per heavy atom. The smallest absolute Gasteiger partial charge is 0.123 e. The van der Waals surface area contributed by atoms with E-state index in [2.05, 4.69) is 141 Å². The molecule has 0 atom stereocenters. The Labute approximate surface area is 777 Å². The maximum absolute atomic E-state index is 13.0.